The molecule has 2 heterocycles. The summed E-state index contributed by atoms with van der Waals surface area (Å²) in [6.07, 6.45) is 7.22. The van der Waals surface area contributed by atoms with Gasteiger partial charge in [0.15, 0.2) is 0 Å². The molecule has 0 radical (unpaired) electrons. The van der Waals surface area contributed by atoms with Crippen molar-refractivity contribution in [3.05, 3.63) is 58.4 Å². The Kier molecular flexibility index (Phi) is 4.75. The van der Waals surface area contributed by atoms with Crippen molar-refractivity contribution in [1.29, 1.82) is 0 Å². The molecule has 4 rings (SSSR count). The van der Waals surface area contributed by atoms with Crippen LogP contribution in [0, 0.1) is 11.7 Å². The van der Waals surface area contributed by atoms with E-state index in [1.807, 2.05) is 0 Å². The summed E-state index contributed by atoms with van der Waals surface area (Å²) in [5.74, 6) is -0.510. The summed E-state index contributed by atoms with van der Waals surface area (Å²) >= 11 is 0. The van der Waals surface area contributed by atoms with Gasteiger partial charge >= 0.3 is 0 Å². The SMILES string of the molecule is O=C(Nc1cc[nH]c(=O)c1)c1c2c(F)cccc2nn1CC1CCCCC1. The van der Waals surface area contributed by atoms with Crippen molar-refractivity contribution in [2.45, 2.75) is 38.6 Å². The quantitative estimate of drug-likeness (QED) is 0.737. The molecule has 1 saturated carbocycles. The Morgan fingerprint density at radius 2 is 2.07 bits per heavy atom. The van der Waals surface area contributed by atoms with E-state index in [0.29, 0.717) is 23.7 Å². The van der Waals surface area contributed by atoms with Crippen molar-refractivity contribution >= 4 is 22.5 Å². The number of aromatic amines is 1. The van der Waals surface area contributed by atoms with Crippen molar-refractivity contribution < 1.29 is 9.18 Å². The number of nitrogens with one attached hydrogen (secondary N) is 2. The van der Waals surface area contributed by atoms with Gasteiger partial charge in [-0.1, -0.05) is 25.3 Å². The maximum atomic E-state index is 14.5. The van der Waals surface area contributed by atoms with Crippen molar-refractivity contribution in [1.82, 2.24) is 14.8 Å². The molecule has 0 bridgehead atoms. The number of carbonyl (C=O) groups is 1. The lowest BCUT2D eigenvalue weighted by Crippen LogP contribution is -2.22. The molecular formula is C20H21FN4O2. The van der Waals surface area contributed by atoms with Crippen LogP contribution >= 0.6 is 0 Å². The molecule has 3 aromatic rings. The van der Waals surface area contributed by atoms with Crippen LogP contribution in [-0.2, 0) is 6.54 Å². The zero-order valence-corrected chi connectivity index (χ0v) is 14.9. The van der Waals surface area contributed by atoms with Crippen LogP contribution in [0.4, 0.5) is 10.1 Å². The van der Waals surface area contributed by atoms with E-state index < -0.39 is 11.7 Å². The Hall–Kier alpha value is -2.96. The fourth-order valence-electron chi connectivity index (χ4n) is 3.83. The Morgan fingerprint density at radius 3 is 2.85 bits per heavy atom. The topological polar surface area (TPSA) is 79.8 Å². The zero-order valence-electron chi connectivity index (χ0n) is 14.9. The van der Waals surface area contributed by atoms with Crippen LogP contribution in [0.15, 0.2) is 41.3 Å². The normalized spacial score (nSPS) is 15.1. The lowest BCUT2D eigenvalue weighted by atomic mass is 9.89. The maximum absolute atomic E-state index is 14.5. The van der Waals surface area contributed by atoms with Crippen LogP contribution in [0.3, 0.4) is 0 Å². The molecule has 7 heteroatoms. The minimum atomic E-state index is -0.474. The predicted octanol–water partition coefficient (Wildman–Crippen LogP) is 3.70. The Morgan fingerprint density at radius 1 is 1.26 bits per heavy atom. The van der Waals surface area contributed by atoms with E-state index in [4.69, 9.17) is 0 Å². The molecule has 140 valence electrons. The summed E-state index contributed by atoms with van der Waals surface area (Å²) in [6, 6.07) is 7.50. The number of nitrogens with zero attached hydrogens (tertiary/aromatic N) is 2. The first-order valence-electron chi connectivity index (χ1n) is 9.27. The Balaban J connectivity index is 1.73. The molecule has 0 atom stereocenters. The number of aromatic nitrogens is 3. The van der Waals surface area contributed by atoms with Gasteiger partial charge in [0.25, 0.3) is 5.91 Å². The number of hydrogen-bond donors (Lipinski definition) is 2. The molecule has 0 aliphatic heterocycles. The number of amides is 1. The van der Waals surface area contributed by atoms with E-state index in [9.17, 15) is 14.0 Å². The molecule has 1 aliphatic rings. The van der Waals surface area contributed by atoms with E-state index in [-0.39, 0.29) is 16.6 Å². The van der Waals surface area contributed by atoms with E-state index in [1.165, 1.54) is 37.6 Å². The minimum absolute atomic E-state index is 0.203. The second kappa shape index (κ2) is 7.34. The average molecular weight is 368 g/mol. The van der Waals surface area contributed by atoms with Crippen LogP contribution in [-0.4, -0.2) is 20.7 Å². The zero-order chi connectivity index (χ0) is 18.8. The number of hydrogen-bond acceptors (Lipinski definition) is 3. The number of fused-ring (bicyclic) bond motifs is 1. The lowest BCUT2D eigenvalue weighted by Gasteiger charge is -2.22. The summed E-state index contributed by atoms with van der Waals surface area (Å²) in [5.41, 5.74) is 0.703. The maximum Gasteiger partial charge on any atom is 0.274 e. The summed E-state index contributed by atoms with van der Waals surface area (Å²) < 4.78 is 16.1. The monoisotopic (exact) mass is 368 g/mol. The van der Waals surface area contributed by atoms with E-state index in [2.05, 4.69) is 15.4 Å². The fraction of sp³-hybridized carbons (Fsp3) is 0.350. The van der Waals surface area contributed by atoms with Gasteiger partial charge in [-0.15, -0.1) is 0 Å². The molecule has 6 nitrogen and oxygen atoms in total. The highest BCUT2D eigenvalue weighted by molar-refractivity contribution is 6.11. The summed E-state index contributed by atoms with van der Waals surface area (Å²) in [5, 5.41) is 7.41. The third-order valence-electron chi connectivity index (χ3n) is 5.12. The highest BCUT2D eigenvalue weighted by atomic mass is 19.1. The summed E-state index contributed by atoms with van der Waals surface area (Å²) in [6.45, 7) is 0.590. The minimum Gasteiger partial charge on any atom is -0.329 e. The highest BCUT2D eigenvalue weighted by Gasteiger charge is 2.24. The molecule has 1 aliphatic carbocycles. The number of rotatable bonds is 4. The van der Waals surface area contributed by atoms with Crippen LogP contribution in [0.2, 0.25) is 0 Å². The van der Waals surface area contributed by atoms with Crippen molar-refractivity contribution in [2.75, 3.05) is 5.32 Å². The van der Waals surface area contributed by atoms with E-state index >= 15 is 0 Å². The highest BCUT2D eigenvalue weighted by Crippen LogP contribution is 2.28. The number of H-pyrrole nitrogens is 1. The second-order valence-corrected chi connectivity index (χ2v) is 7.06. The lowest BCUT2D eigenvalue weighted by molar-refractivity contribution is 0.101. The number of carbonyl (C=O) groups excluding carboxylic acids is 1. The van der Waals surface area contributed by atoms with E-state index in [0.717, 1.165) is 12.8 Å². The summed E-state index contributed by atoms with van der Waals surface area (Å²) in [4.78, 5) is 26.9. The standard InChI is InChI=1S/C20H21FN4O2/c21-15-7-4-8-16-18(15)19(20(27)23-14-9-10-22-17(26)11-14)25(24-16)12-13-5-2-1-3-6-13/h4,7-11,13H,1-3,5-6,12H2,(H2,22,23,26,27). The fourth-order valence-corrected chi connectivity index (χ4v) is 3.83. The molecule has 27 heavy (non-hydrogen) atoms. The smallest absolute Gasteiger partial charge is 0.274 e. The van der Waals surface area contributed by atoms with Crippen LogP contribution < -0.4 is 10.9 Å². The van der Waals surface area contributed by atoms with E-state index in [1.54, 1.807) is 22.9 Å². The van der Waals surface area contributed by atoms with Crippen LogP contribution in [0.1, 0.15) is 42.6 Å². The van der Waals surface area contributed by atoms with Gasteiger partial charge in [0, 0.05) is 24.5 Å². The van der Waals surface area contributed by atoms with Crippen LogP contribution in [0.25, 0.3) is 10.9 Å². The van der Waals surface area contributed by atoms with Gasteiger partial charge in [-0.3, -0.25) is 14.3 Å². The third-order valence-corrected chi connectivity index (χ3v) is 5.12. The third kappa shape index (κ3) is 3.63. The molecule has 1 amide bonds. The Bertz CT molecular complexity index is 1030. The summed E-state index contributed by atoms with van der Waals surface area (Å²) in [7, 11) is 0. The number of benzene rings is 1. The van der Waals surface area contributed by atoms with Gasteiger partial charge in [-0.2, -0.15) is 5.10 Å². The number of anilines is 1. The molecule has 0 spiro atoms. The molecule has 0 unspecified atom stereocenters. The van der Waals surface area contributed by atoms with Gasteiger partial charge in [-0.25, -0.2) is 4.39 Å². The Labute approximate surface area is 155 Å². The predicted molar refractivity (Wildman–Crippen MR) is 101 cm³/mol. The number of halogens is 1. The van der Waals surface area contributed by atoms with Crippen molar-refractivity contribution in [2.24, 2.45) is 5.92 Å². The molecule has 2 aromatic heterocycles. The first-order valence-corrected chi connectivity index (χ1v) is 9.27. The molecular weight excluding hydrogens is 347 g/mol. The average Bonchev–Trinajstić information content (AvgIpc) is 3.02. The van der Waals surface area contributed by atoms with Crippen molar-refractivity contribution in [3.8, 4) is 0 Å². The largest absolute Gasteiger partial charge is 0.329 e. The molecule has 1 fully saturated rings. The van der Waals surface area contributed by atoms with Crippen LogP contribution in [0.5, 0.6) is 0 Å². The van der Waals surface area contributed by atoms with Gasteiger partial charge in [0.2, 0.25) is 5.56 Å². The number of pyridine rings is 1. The van der Waals surface area contributed by atoms with Gasteiger partial charge < -0.3 is 10.3 Å². The molecule has 2 N–H and O–H groups in total. The second-order valence-electron chi connectivity index (χ2n) is 7.06. The molecule has 0 saturated heterocycles. The molecule has 1 aromatic carbocycles. The first-order chi connectivity index (χ1) is 13.1. The van der Waals surface area contributed by atoms with Gasteiger partial charge in [-0.05, 0) is 37.0 Å². The first kappa shape index (κ1) is 17.5. The van der Waals surface area contributed by atoms with Gasteiger partial charge in [0.05, 0.1) is 10.9 Å². The van der Waals surface area contributed by atoms with Gasteiger partial charge in [0.1, 0.15) is 11.5 Å². The van der Waals surface area contributed by atoms with Crippen molar-refractivity contribution in [3.63, 3.8) is 0 Å².